The van der Waals surface area contributed by atoms with Gasteiger partial charge >= 0.3 is 5.97 Å². The Balaban J connectivity index is 2.08. The number of nitrogens with two attached hydrogens (primary N) is 1. The monoisotopic (exact) mass is 370 g/mol. The summed E-state index contributed by atoms with van der Waals surface area (Å²) in [5, 5.41) is 27.7. The quantitative estimate of drug-likeness (QED) is 0.644. The number of H-pyrrole nitrogens is 1. The first-order valence-corrected chi connectivity index (χ1v) is 8.22. The fraction of sp³-hybridized carbons (Fsp3) is 0.0476. The van der Waals surface area contributed by atoms with Gasteiger partial charge < -0.3 is 15.8 Å². The van der Waals surface area contributed by atoms with E-state index in [0.29, 0.717) is 11.1 Å². The van der Waals surface area contributed by atoms with E-state index in [4.69, 9.17) is 10.8 Å². The van der Waals surface area contributed by atoms with Crippen molar-refractivity contribution in [2.24, 2.45) is 0 Å². The van der Waals surface area contributed by atoms with Crippen molar-refractivity contribution in [3.8, 4) is 34.4 Å². The number of rotatable bonds is 4. The summed E-state index contributed by atoms with van der Waals surface area (Å²) >= 11 is 0. The number of nitrogens with one attached hydrogen (secondary N) is 1. The summed E-state index contributed by atoms with van der Waals surface area (Å²) in [5.74, 6) is -1.00. The van der Waals surface area contributed by atoms with Crippen LogP contribution in [0.1, 0.15) is 16.7 Å². The summed E-state index contributed by atoms with van der Waals surface area (Å²) in [6.07, 6.45) is -0.0744. The lowest BCUT2D eigenvalue weighted by Crippen LogP contribution is -2.16. The molecule has 0 atom stereocenters. The van der Waals surface area contributed by atoms with Crippen molar-refractivity contribution in [2.75, 3.05) is 5.73 Å². The topological polar surface area (TPSA) is 144 Å². The zero-order chi connectivity index (χ0) is 20.3. The van der Waals surface area contributed by atoms with Gasteiger partial charge in [0.1, 0.15) is 29.1 Å². The van der Waals surface area contributed by atoms with Crippen LogP contribution in [-0.4, -0.2) is 16.1 Å². The molecule has 0 saturated carbocycles. The van der Waals surface area contributed by atoms with Gasteiger partial charge in [-0.3, -0.25) is 9.59 Å². The molecule has 3 rings (SSSR count). The molecule has 0 amide bonds. The minimum absolute atomic E-state index is 0.0346. The molecule has 0 bridgehead atoms. The van der Waals surface area contributed by atoms with Crippen LogP contribution in [-0.2, 0) is 11.2 Å². The largest absolute Gasteiger partial charge is 0.481 e. The number of hydrogen-bond acceptors (Lipinski definition) is 5. The molecule has 0 radical (unpaired) electrons. The van der Waals surface area contributed by atoms with Crippen LogP contribution >= 0.6 is 0 Å². The Morgan fingerprint density at radius 2 is 1.64 bits per heavy atom. The molecule has 1 aromatic heterocycles. The third-order valence-corrected chi connectivity index (χ3v) is 4.26. The normalized spacial score (nSPS) is 10.1. The lowest BCUT2D eigenvalue weighted by molar-refractivity contribution is -0.136. The zero-order valence-corrected chi connectivity index (χ0v) is 14.6. The SMILES string of the molecule is N#Cc1c(N)[nH]c(=O)c(C#N)c1-c1ccc(-c2cccc(CC(=O)O)c2)cc1. The molecule has 1 heterocycles. The van der Waals surface area contributed by atoms with Gasteiger partial charge in [-0.2, -0.15) is 10.5 Å². The Labute approximate surface area is 159 Å². The van der Waals surface area contributed by atoms with Crippen LogP contribution in [0.4, 0.5) is 5.82 Å². The second-order valence-electron chi connectivity index (χ2n) is 6.06. The molecule has 136 valence electrons. The fourth-order valence-electron chi connectivity index (χ4n) is 3.00. The van der Waals surface area contributed by atoms with Crippen LogP contribution in [0.2, 0.25) is 0 Å². The number of nitrogen functional groups attached to an aromatic ring is 1. The van der Waals surface area contributed by atoms with Crippen LogP contribution < -0.4 is 11.3 Å². The summed E-state index contributed by atoms with van der Waals surface area (Å²) < 4.78 is 0. The number of aromatic nitrogens is 1. The van der Waals surface area contributed by atoms with Gasteiger partial charge in [0.15, 0.2) is 0 Å². The molecule has 28 heavy (non-hydrogen) atoms. The standard InChI is InChI=1S/C21H14N4O3/c22-10-16-19(17(11-23)21(28)25-20(16)24)14-6-4-13(5-7-14)15-3-1-2-12(8-15)9-18(26)27/h1-8H,9H2,(H,26,27)(H3,24,25,28). The molecule has 2 aromatic carbocycles. The molecule has 7 heteroatoms. The third kappa shape index (κ3) is 3.46. The molecule has 3 aromatic rings. The van der Waals surface area contributed by atoms with Gasteiger partial charge in [0.25, 0.3) is 5.56 Å². The van der Waals surface area contributed by atoms with Crippen LogP contribution in [0.15, 0.2) is 53.3 Å². The summed E-state index contributed by atoms with van der Waals surface area (Å²) in [6.45, 7) is 0. The Bertz CT molecular complexity index is 1210. The first kappa shape index (κ1) is 18.4. The number of pyridine rings is 1. The molecule has 0 unspecified atom stereocenters. The van der Waals surface area contributed by atoms with Crippen molar-refractivity contribution < 1.29 is 9.90 Å². The molecular weight excluding hydrogens is 356 g/mol. The van der Waals surface area contributed by atoms with Crippen LogP contribution in [0, 0.1) is 22.7 Å². The number of nitrogens with zero attached hydrogens (tertiary/aromatic N) is 2. The summed E-state index contributed by atoms with van der Waals surface area (Å²) in [5.41, 5.74) is 7.97. The number of carbonyl (C=O) groups is 1. The van der Waals surface area contributed by atoms with E-state index in [9.17, 15) is 20.1 Å². The van der Waals surface area contributed by atoms with E-state index in [2.05, 4.69) is 4.98 Å². The highest BCUT2D eigenvalue weighted by atomic mass is 16.4. The lowest BCUT2D eigenvalue weighted by Gasteiger charge is -2.10. The maximum Gasteiger partial charge on any atom is 0.307 e. The van der Waals surface area contributed by atoms with E-state index in [1.807, 2.05) is 18.2 Å². The highest BCUT2D eigenvalue weighted by Crippen LogP contribution is 2.30. The van der Waals surface area contributed by atoms with Crippen molar-refractivity contribution in [3.05, 3.63) is 75.6 Å². The van der Waals surface area contributed by atoms with Crippen LogP contribution in [0.25, 0.3) is 22.3 Å². The smallest absolute Gasteiger partial charge is 0.307 e. The Morgan fingerprint density at radius 3 is 2.25 bits per heavy atom. The lowest BCUT2D eigenvalue weighted by atomic mass is 9.94. The highest BCUT2D eigenvalue weighted by Gasteiger charge is 2.18. The van der Waals surface area contributed by atoms with E-state index in [1.165, 1.54) is 0 Å². The predicted octanol–water partition coefficient (Wildman–Crippen LogP) is 2.66. The van der Waals surface area contributed by atoms with Gasteiger partial charge in [-0.05, 0) is 22.3 Å². The number of hydrogen-bond donors (Lipinski definition) is 3. The summed E-state index contributed by atoms with van der Waals surface area (Å²) in [6, 6.07) is 17.8. The van der Waals surface area contributed by atoms with Crippen molar-refractivity contribution in [1.29, 1.82) is 10.5 Å². The number of benzene rings is 2. The Morgan fingerprint density at radius 1 is 1.00 bits per heavy atom. The number of anilines is 1. The molecule has 4 N–H and O–H groups in total. The minimum Gasteiger partial charge on any atom is -0.481 e. The molecule has 0 fully saturated rings. The molecule has 0 spiro atoms. The maximum atomic E-state index is 12.0. The van der Waals surface area contributed by atoms with Crippen LogP contribution in [0.3, 0.4) is 0 Å². The molecule has 0 aliphatic carbocycles. The van der Waals surface area contributed by atoms with E-state index in [-0.39, 0.29) is 28.9 Å². The van der Waals surface area contributed by atoms with Crippen molar-refractivity contribution in [3.63, 3.8) is 0 Å². The van der Waals surface area contributed by atoms with Gasteiger partial charge in [0, 0.05) is 5.56 Å². The van der Waals surface area contributed by atoms with Crippen LogP contribution in [0.5, 0.6) is 0 Å². The number of aromatic amines is 1. The second-order valence-corrected chi connectivity index (χ2v) is 6.06. The second kappa shape index (κ2) is 7.48. The minimum atomic E-state index is -0.910. The van der Waals surface area contributed by atoms with Crippen molar-refractivity contribution in [2.45, 2.75) is 6.42 Å². The third-order valence-electron chi connectivity index (χ3n) is 4.26. The van der Waals surface area contributed by atoms with Gasteiger partial charge in [-0.15, -0.1) is 0 Å². The first-order chi connectivity index (χ1) is 13.4. The number of carboxylic acids is 1. The maximum absolute atomic E-state index is 12.0. The molecule has 7 nitrogen and oxygen atoms in total. The van der Waals surface area contributed by atoms with E-state index >= 15 is 0 Å². The Kier molecular flexibility index (Phi) is 4.93. The van der Waals surface area contributed by atoms with E-state index in [0.717, 1.165) is 11.1 Å². The van der Waals surface area contributed by atoms with E-state index in [1.54, 1.807) is 42.5 Å². The first-order valence-electron chi connectivity index (χ1n) is 8.22. The molecule has 0 aliphatic rings. The number of carboxylic acid groups (broad SMARTS) is 1. The zero-order valence-electron chi connectivity index (χ0n) is 14.6. The van der Waals surface area contributed by atoms with Crippen molar-refractivity contribution in [1.82, 2.24) is 4.98 Å². The predicted molar refractivity (Wildman–Crippen MR) is 103 cm³/mol. The average Bonchev–Trinajstić information content (AvgIpc) is 2.67. The van der Waals surface area contributed by atoms with Crippen molar-refractivity contribution >= 4 is 11.8 Å². The van der Waals surface area contributed by atoms with Gasteiger partial charge in [-0.25, -0.2) is 0 Å². The number of aliphatic carboxylic acids is 1. The Hall–Kier alpha value is -4.36. The molecule has 0 saturated heterocycles. The van der Waals surface area contributed by atoms with Gasteiger partial charge in [-0.1, -0.05) is 48.5 Å². The molecule has 0 aliphatic heterocycles. The van der Waals surface area contributed by atoms with E-state index < -0.39 is 11.5 Å². The number of nitriles is 2. The highest BCUT2D eigenvalue weighted by molar-refractivity contribution is 5.81. The average molecular weight is 370 g/mol. The van der Waals surface area contributed by atoms with Gasteiger partial charge in [0.2, 0.25) is 0 Å². The fourth-order valence-corrected chi connectivity index (χ4v) is 3.00. The summed E-state index contributed by atoms with van der Waals surface area (Å²) in [4.78, 5) is 25.2. The summed E-state index contributed by atoms with van der Waals surface area (Å²) in [7, 11) is 0. The van der Waals surface area contributed by atoms with Gasteiger partial charge in [0.05, 0.1) is 6.42 Å². The molecular formula is C21H14N4O3.